The lowest BCUT2D eigenvalue weighted by Crippen LogP contribution is -2.31. The Morgan fingerprint density at radius 1 is 1.07 bits per heavy atom. The van der Waals surface area contributed by atoms with Crippen molar-refractivity contribution in [2.24, 2.45) is 0 Å². The second-order valence-electron chi connectivity index (χ2n) is 6.28. The van der Waals surface area contributed by atoms with Crippen LogP contribution in [0.15, 0.2) is 48.5 Å². The molecule has 7 nitrogen and oxygen atoms in total. The minimum Gasteiger partial charge on any atom is -0.494 e. The number of nitrogens with one attached hydrogen (secondary N) is 1. The minimum atomic E-state index is -0.980. The van der Waals surface area contributed by atoms with Crippen LogP contribution in [0.4, 0.5) is 5.69 Å². The van der Waals surface area contributed by atoms with E-state index in [4.69, 9.17) is 18.9 Å². The molecule has 7 heteroatoms. The lowest BCUT2D eigenvalue weighted by molar-refractivity contribution is -0.155. The number of rotatable bonds is 10. The van der Waals surface area contributed by atoms with Crippen molar-refractivity contribution in [2.45, 2.75) is 26.9 Å². The molecular weight excluding hydrogens is 386 g/mol. The van der Waals surface area contributed by atoms with Crippen molar-refractivity contribution in [3.63, 3.8) is 0 Å². The van der Waals surface area contributed by atoms with Crippen LogP contribution >= 0.6 is 0 Å². The van der Waals surface area contributed by atoms with Crippen molar-refractivity contribution in [2.75, 3.05) is 25.6 Å². The molecule has 0 spiro atoms. The van der Waals surface area contributed by atoms with Gasteiger partial charge in [-0.3, -0.25) is 4.79 Å². The van der Waals surface area contributed by atoms with Gasteiger partial charge in [-0.15, -0.1) is 0 Å². The number of anilines is 1. The van der Waals surface area contributed by atoms with Crippen molar-refractivity contribution in [1.82, 2.24) is 0 Å². The Bertz CT molecular complexity index is 876. The first-order chi connectivity index (χ1) is 14.5. The molecule has 2 aromatic carbocycles. The van der Waals surface area contributed by atoms with E-state index in [1.807, 2.05) is 32.1 Å². The molecule has 0 saturated heterocycles. The first kappa shape index (κ1) is 22.8. The summed E-state index contributed by atoms with van der Waals surface area (Å²) in [5, 5.41) is 2.69. The summed E-state index contributed by atoms with van der Waals surface area (Å²) in [6, 6.07) is 12.3. The van der Waals surface area contributed by atoms with Gasteiger partial charge in [0.15, 0.2) is 24.2 Å². The Morgan fingerprint density at radius 2 is 1.80 bits per heavy atom. The van der Waals surface area contributed by atoms with Crippen LogP contribution in [0.3, 0.4) is 0 Å². The van der Waals surface area contributed by atoms with E-state index in [0.717, 1.165) is 5.56 Å². The SMILES string of the molecule is C/C=C/c1ccc(OCC(=O)O[C@@H](C)C(=O)Nc2ccc(OCC)cc2)c(OC)c1. The fourth-order valence-electron chi connectivity index (χ4n) is 2.57. The molecule has 2 rings (SSSR count). The standard InChI is InChI=1S/C23H27NO6/c1-5-7-17-8-13-20(21(14-17)27-4)29-15-22(25)30-16(3)23(26)24-18-9-11-19(12-10-18)28-6-2/h5,7-14,16H,6,15H2,1-4H3,(H,24,26)/b7-5+/t16-/m0/s1. The summed E-state index contributed by atoms with van der Waals surface area (Å²) in [6.07, 6.45) is 2.85. The van der Waals surface area contributed by atoms with Crippen LogP contribution < -0.4 is 19.5 Å². The van der Waals surface area contributed by atoms with Crippen molar-refractivity contribution in [1.29, 1.82) is 0 Å². The van der Waals surface area contributed by atoms with Gasteiger partial charge in [-0.25, -0.2) is 4.79 Å². The fraction of sp³-hybridized carbons (Fsp3) is 0.304. The second-order valence-corrected chi connectivity index (χ2v) is 6.28. The third-order valence-electron chi connectivity index (χ3n) is 4.00. The van der Waals surface area contributed by atoms with Gasteiger partial charge in [0.25, 0.3) is 5.91 Å². The number of carbonyl (C=O) groups is 2. The van der Waals surface area contributed by atoms with Crippen molar-refractivity contribution < 1.29 is 28.5 Å². The van der Waals surface area contributed by atoms with Crippen LogP contribution in [0.1, 0.15) is 26.3 Å². The highest BCUT2D eigenvalue weighted by molar-refractivity contribution is 5.95. The van der Waals surface area contributed by atoms with Gasteiger partial charge in [-0.05, 0) is 62.7 Å². The molecule has 0 bridgehead atoms. The average Bonchev–Trinajstić information content (AvgIpc) is 2.74. The molecule has 0 aliphatic rings. The number of hydrogen-bond acceptors (Lipinski definition) is 6. The molecule has 0 heterocycles. The molecule has 1 amide bonds. The molecular formula is C23H27NO6. The smallest absolute Gasteiger partial charge is 0.344 e. The number of amides is 1. The van der Waals surface area contributed by atoms with Crippen molar-refractivity contribution in [3.8, 4) is 17.2 Å². The number of benzene rings is 2. The van der Waals surface area contributed by atoms with E-state index in [1.165, 1.54) is 14.0 Å². The quantitative estimate of drug-likeness (QED) is 0.591. The number of esters is 1. The van der Waals surface area contributed by atoms with Crippen LogP contribution in [0, 0.1) is 0 Å². The van der Waals surface area contributed by atoms with Gasteiger partial charge in [0.2, 0.25) is 0 Å². The van der Waals surface area contributed by atoms with E-state index in [-0.39, 0.29) is 6.61 Å². The molecule has 0 unspecified atom stereocenters. The third-order valence-corrected chi connectivity index (χ3v) is 4.00. The van der Waals surface area contributed by atoms with Crippen molar-refractivity contribution in [3.05, 3.63) is 54.1 Å². The van der Waals surface area contributed by atoms with Gasteiger partial charge in [0.05, 0.1) is 13.7 Å². The molecule has 0 aromatic heterocycles. The summed E-state index contributed by atoms with van der Waals surface area (Å²) in [5.41, 5.74) is 1.53. The first-order valence-corrected chi connectivity index (χ1v) is 9.63. The first-order valence-electron chi connectivity index (χ1n) is 9.63. The highest BCUT2D eigenvalue weighted by atomic mass is 16.6. The molecule has 30 heavy (non-hydrogen) atoms. The van der Waals surface area contributed by atoms with Crippen LogP contribution in [-0.4, -0.2) is 38.3 Å². The molecule has 0 radical (unpaired) electrons. The normalized spacial score (nSPS) is 11.6. The number of hydrogen-bond donors (Lipinski definition) is 1. The van der Waals surface area contributed by atoms with Gasteiger partial charge < -0.3 is 24.3 Å². The van der Waals surface area contributed by atoms with Gasteiger partial charge in [-0.1, -0.05) is 18.2 Å². The molecule has 2 aromatic rings. The maximum Gasteiger partial charge on any atom is 0.344 e. The maximum absolute atomic E-state index is 12.2. The molecule has 0 aliphatic carbocycles. The predicted molar refractivity (Wildman–Crippen MR) is 115 cm³/mol. The van der Waals surface area contributed by atoms with Crippen LogP contribution in [-0.2, 0) is 14.3 Å². The Hall–Kier alpha value is -3.48. The second kappa shape index (κ2) is 11.5. The largest absolute Gasteiger partial charge is 0.494 e. The topological polar surface area (TPSA) is 83.1 Å². The van der Waals surface area contributed by atoms with Crippen LogP contribution in [0.2, 0.25) is 0 Å². The predicted octanol–water partition coefficient (Wildman–Crippen LogP) is 4.08. The Labute approximate surface area is 176 Å². The summed E-state index contributed by atoms with van der Waals surface area (Å²) in [4.78, 5) is 24.3. The summed E-state index contributed by atoms with van der Waals surface area (Å²) < 4.78 is 21.3. The fourth-order valence-corrected chi connectivity index (χ4v) is 2.57. The van der Waals surface area contributed by atoms with Crippen molar-refractivity contribution >= 4 is 23.6 Å². The van der Waals surface area contributed by atoms with E-state index in [1.54, 1.807) is 36.4 Å². The number of carbonyl (C=O) groups excluding carboxylic acids is 2. The number of allylic oxidation sites excluding steroid dienone is 1. The average molecular weight is 413 g/mol. The third kappa shape index (κ3) is 6.84. The highest BCUT2D eigenvalue weighted by Gasteiger charge is 2.19. The van der Waals surface area contributed by atoms with Crippen LogP contribution in [0.25, 0.3) is 6.08 Å². The van der Waals surface area contributed by atoms with Gasteiger partial charge in [-0.2, -0.15) is 0 Å². The molecule has 160 valence electrons. The summed E-state index contributed by atoms with van der Waals surface area (Å²) in [5.74, 6) is 0.514. The zero-order valence-electron chi connectivity index (χ0n) is 17.6. The molecule has 1 N–H and O–H groups in total. The monoisotopic (exact) mass is 413 g/mol. The van der Waals surface area contributed by atoms with E-state index >= 15 is 0 Å². The number of methoxy groups -OCH3 is 1. The molecule has 0 saturated carbocycles. The van der Waals surface area contributed by atoms with E-state index in [0.29, 0.717) is 29.5 Å². The van der Waals surface area contributed by atoms with Gasteiger partial charge in [0.1, 0.15) is 5.75 Å². The van der Waals surface area contributed by atoms with Gasteiger partial charge in [0, 0.05) is 5.69 Å². The highest BCUT2D eigenvalue weighted by Crippen LogP contribution is 2.28. The maximum atomic E-state index is 12.2. The van der Waals surface area contributed by atoms with Crippen LogP contribution in [0.5, 0.6) is 17.2 Å². The van der Waals surface area contributed by atoms with Gasteiger partial charge >= 0.3 is 5.97 Å². The molecule has 0 aliphatic heterocycles. The minimum absolute atomic E-state index is 0.347. The molecule has 0 fully saturated rings. The Kier molecular flexibility index (Phi) is 8.75. The number of ether oxygens (including phenoxy) is 4. The summed E-state index contributed by atoms with van der Waals surface area (Å²) in [6.45, 7) is 5.52. The zero-order valence-corrected chi connectivity index (χ0v) is 17.6. The zero-order chi connectivity index (χ0) is 21.9. The van der Waals surface area contributed by atoms with E-state index in [2.05, 4.69) is 5.32 Å². The van der Waals surface area contributed by atoms with E-state index < -0.39 is 18.0 Å². The lowest BCUT2D eigenvalue weighted by atomic mass is 10.2. The Morgan fingerprint density at radius 3 is 2.43 bits per heavy atom. The molecule has 1 atom stereocenters. The Balaban J connectivity index is 1.85. The summed E-state index contributed by atoms with van der Waals surface area (Å²) >= 11 is 0. The van der Waals surface area contributed by atoms with E-state index in [9.17, 15) is 9.59 Å². The lowest BCUT2D eigenvalue weighted by Gasteiger charge is -2.15. The summed E-state index contributed by atoms with van der Waals surface area (Å²) in [7, 11) is 1.52.